The van der Waals surface area contributed by atoms with E-state index in [0.29, 0.717) is 13.2 Å². The van der Waals surface area contributed by atoms with Crippen LogP contribution in [0.25, 0.3) is 0 Å². The van der Waals surface area contributed by atoms with Crippen molar-refractivity contribution in [2.45, 2.75) is 24.2 Å². The third-order valence-electron chi connectivity index (χ3n) is 3.64. The second-order valence-electron chi connectivity index (χ2n) is 5.74. The average Bonchev–Trinajstić information content (AvgIpc) is 3.25. The van der Waals surface area contributed by atoms with Gasteiger partial charge in [-0.1, -0.05) is 18.2 Å². The molecule has 0 aliphatic carbocycles. The summed E-state index contributed by atoms with van der Waals surface area (Å²) in [5.41, 5.74) is 4.66. The predicted octanol–water partition coefficient (Wildman–Crippen LogP) is 1.75. The van der Waals surface area contributed by atoms with Crippen molar-refractivity contribution in [3.8, 4) is 0 Å². The molecule has 2 aromatic rings. The minimum absolute atomic E-state index is 0.0536. The minimum Gasteiger partial charge on any atom is -0.379 e. The molecule has 2 rings (SSSR count). The molecule has 1 aromatic carbocycles. The maximum absolute atomic E-state index is 12.4. The number of sulfonamides is 1. The molecule has 0 spiro atoms. The number of nitrogens with one attached hydrogen (secondary N) is 3. The number of anilines is 1. The van der Waals surface area contributed by atoms with E-state index in [0.717, 1.165) is 11.3 Å². The first kappa shape index (κ1) is 22.8. The Morgan fingerprint density at radius 2 is 1.86 bits per heavy atom. The molecule has 0 fully saturated rings. The number of hydrogen-bond acceptors (Lipinski definition) is 7. The molecule has 0 aliphatic rings. The van der Waals surface area contributed by atoms with Crippen molar-refractivity contribution in [1.29, 1.82) is 0 Å². The molecule has 29 heavy (non-hydrogen) atoms. The number of hydrogen-bond donors (Lipinski definition) is 3. The first-order valence-corrected chi connectivity index (χ1v) is 11.2. The highest BCUT2D eigenvalue weighted by molar-refractivity contribution is 7.94. The summed E-state index contributed by atoms with van der Waals surface area (Å²) in [6.07, 6.45) is -0.802. The number of ether oxygens (including phenoxy) is 2. The number of hydrazine groups is 1. The lowest BCUT2D eigenvalue weighted by molar-refractivity contribution is -0.133. The monoisotopic (exact) mass is 441 g/mol. The van der Waals surface area contributed by atoms with Crippen LogP contribution >= 0.6 is 11.3 Å². The lowest BCUT2D eigenvalue weighted by Crippen LogP contribution is -2.46. The topological polar surface area (TPSA) is 123 Å². The summed E-state index contributed by atoms with van der Waals surface area (Å²) in [4.78, 5) is 24.5. The number of benzene rings is 1. The third kappa shape index (κ3) is 6.82. The quantitative estimate of drug-likeness (QED) is 0.381. The van der Waals surface area contributed by atoms with E-state index in [4.69, 9.17) is 9.47 Å². The fourth-order valence-electron chi connectivity index (χ4n) is 2.17. The Labute approximate surface area is 173 Å². The summed E-state index contributed by atoms with van der Waals surface area (Å²) in [7, 11) is -3.82. The highest BCUT2D eigenvalue weighted by atomic mass is 32.2. The molecule has 1 aromatic heterocycles. The molecule has 158 valence electrons. The van der Waals surface area contributed by atoms with Crippen LogP contribution in [0.15, 0.2) is 46.0 Å². The summed E-state index contributed by atoms with van der Waals surface area (Å²) >= 11 is 1.06. The number of carbonyl (C=O) groups is 2. The Morgan fingerprint density at radius 1 is 1.10 bits per heavy atom. The first-order chi connectivity index (χ1) is 13.8. The number of para-hydroxylation sites is 1. The number of rotatable bonds is 10. The van der Waals surface area contributed by atoms with Crippen LogP contribution in [0.5, 0.6) is 0 Å². The molecule has 1 unspecified atom stereocenters. The fourth-order valence-corrected chi connectivity index (χ4v) is 4.25. The lowest BCUT2D eigenvalue weighted by Gasteiger charge is -2.15. The Kier molecular flexibility index (Phi) is 8.58. The van der Waals surface area contributed by atoms with E-state index in [1.54, 1.807) is 23.6 Å². The van der Waals surface area contributed by atoms with Gasteiger partial charge in [0.25, 0.3) is 21.8 Å². The largest absolute Gasteiger partial charge is 0.379 e. The molecule has 2 amide bonds. The van der Waals surface area contributed by atoms with Gasteiger partial charge in [-0.05, 0) is 37.4 Å². The first-order valence-electron chi connectivity index (χ1n) is 8.80. The van der Waals surface area contributed by atoms with E-state index in [2.05, 4.69) is 15.6 Å². The summed E-state index contributed by atoms with van der Waals surface area (Å²) in [6.45, 7) is 4.54. The van der Waals surface area contributed by atoms with Gasteiger partial charge in [0.2, 0.25) is 0 Å². The second-order valence-corrected chi connectivity index (χ2v) is 8.59. The molecule has 0 saturated carbocycles. The zero-order chi connectivity index (χ0) is 21.3. The Morgan fingerprint density at radius 3 is 2.55 bits per heavy atom. The van der Waals surface area contributed by atoms with Crippen molar-refractivity contribution in [3.05, 3.63) is 47.3 Å². The molecular weight excluding hydrogens is 418 g/mol. The number of thiophene rings is 1. The summed E-state index contributed by atoms with van der Waals surface area (Å²) in [5, 5.41) is 1.64. The standard InChI is InChI=1S/C18H23N3O6S2/c1-3-26-10-11-27-13(2)17(22)19-20-18(23)14-7-4-5-8-15(14)21-29(24,25)16-9-6-12-28-16/h4-9,12-13,21H,3,10-11H2,1-2H3,(H,19,22)(H,20,23). The van der Waals surface area contributed by atoms with Crippen LogP contribution in [0.1, 0.15) is 24.2 Å². The number of amides is 2. The minimum atomic E-state index is -3.82. The molecule has 1 heterocycles. The average molecular weight is 442 g/mol. The van der Waals surface area contributed by atoms with Crippen molar-refractivity contribution in [1.82, 2.24) is 10.9 Å². The molecule has 0 saturated heterocycles. The molecule has 0 radical (unpaired) electrons. The summed E-state index contributed by atoms with van der Waals surface area (Å²) in [6, 6.07) is 9.15. The van der Waals surface area contributed by atoms with Crippen molar-refractivity contribution in [2.24, 2.45) is 0 Å². The third-order valence-corrected chi connectivity index (χ3v) is 6.41. The molecule has 0 aliphatic heterocycles. The lowest BCUT2D eigenvalue weighted by atomic mass is 10.2. The van der Waals surface area contributed by atoms with E-state index in [1.165, 1.54) is 25.1 Å². The highest BCUT2D eigenvalue weighted by Crippen LogP contribution is 2.22. The molecule has 0 bridgehead atoms. The van der Waals surface area contributed by atoms with Gasteiger partial charge in [0.15, 0.2) is 0 Å². The molecular formula is C18H23N3O6S2. The van der Waals surface area contributed by atoms with Crippen LogP contribution in [0.4, 0.5) is 5.69 Å². The van der Waals surface area contributed by atoms with Crippen LogP contribution in [0.2, 0.25) is 0 Å². The normalized spacial score (nSPS) is 12.2. The van der Waals surface area contributed by atoms with Gasteiger partial charge in [-0.2, -0.15) is 0 Å². The smallest absolute Gasteiger partial charge is 0.271 e. The number of carbonyl (C=O) groups excluding carboxylic acids is 2. The Hall–Kier alpha value is -2.47. The van der Waals surface area contributed by atoms with Gasteiger partial charge < -0.3 is 9.47 Å². The van der Waals surface area contributed by atoms with Crippen molar-refractivity contribution >= 4 is 38.9 Å². The molecule has 11 heteroatoms. The SMILES string of the molecule is CCOCCOC(C)C(=O)NNC(=O)c1ccccc1NS(=O)(=O)c1cccs1. The van der Waals surface area contributed by atoms with Gasteiger partial charge in [0.05, 0.1) is 24.5 Å². The van der Waals surface area contributed by atoms with E-state index in [-0.39, 0.29) is 22.1 Å². The van der Waals surface area contributed by atoms with E-state index >= 15 is 0 Å². The predicted molar refractivity (Wildman–Crippen MR) is 109 cm³/mol. The van der Waals surface area contributed by atoms with Crippen LogP contribution < -0.4 is 15.6 Å². The Balaban J connectivity index is 1.97. The van der Waals surface area contributed by atoms with Gasteiger partial charge in [-0.25, -0.2) is 8.42 Å². The summed E-state index contributed by atoms with van der Waals surface area (Å²) < 4.78 is 37.8. The maximum Gasteiger partial charge on any atom is 0.271 e. The van der Waals surface area contributed by atoms with Crippen molar-refractivity contribution in [3.63, 3.8) is 0 Å². The van der Waals surface area contributed by atoms with E-state index in [1.807, 2.05) is 6.92 Å². The van der Waals surface area contributed by atoms with Gasteiger partial charge in [-0.15, -0.1) is 11.3 Å². The highest BCUT2D eigenvalue weighted by Gasteiger charge is 2.20. The molecule has 9 nitrogen and oxygen atoms in total. The second kappa shape index (κ2) is 10.9. The van der Waals surface area contributed by atoms with Crippen LogP contribution in [0, 0.1) is 0 Å². The Bertz CT molecular complexity index is 915. The van der Waals surface area contributed by atoms with Crippen LogP contribution in [-0.2, 0) is 24.3 Å². The van der Waals surface area contributed by atoms with Gasteiger partial charge >= 0.3 is 0 Å². The zero-order valence-corrected chi connectivity index (χ0v) is 17.6. The summed E-state index contributed by atoms with van der Waals surface area (Å²) in [5.74, 6) is -1.23. The van der Waals surface area contributed by atoms with Crippen molar-refractivity contribution < 1.29 is 27.5 Å². The van der Waals surface area contributed by atoms with Gasteiger partial charge in [0.1, 0.15) is 10.3 Å². The van der Waals surface area contributed by atoms with E-state index in [9.17, 15) is 18.0 Å². The molecule has 3 N–H and O–H groups in total. The van der Waals surface area contributed by atoms with Gasteiger partial charge in [0, 0.05) is 6.61 Å². The van der Waals surface area contributed by atoms with Crippen LogP contribution in [0.3, 0.4) is 0 Å². The fraction of sp³-hybridized carbons (Fsp3) is 0.333. The molecule has 1 atom stereocenters. The maximum atomic E-state index is 12.4. The zero-order valence-electron chi connectivity index (χ0n) is 16.0. The van der Waals surface area contributed by atoms with Crippen LogP contribution in [-0.4, -0.2) is 46.2 Å². The van der Waals surface area contributed by atoms with Gasteiger partial charge in [-0.3, -0.25) is 25.2 Å². The van der Waals surface area contributed by atoms with E-state index < -0.39 is 27.9 Å². The van der Waals surface area contributed by atoms with Crippen molar-refractivity contribution in [2.75, 3.05) is 24.5 Å².